The Morgan fingerprint density at radius 3 is 2.50 bits per heavy atom. The van der Waals surface area contributed by atoms with Gasteiger partial charge in [0.15, 0.2) is 0 Å². The van der Waals surface area contributed by atoms with E-state index in [-0.39, 0.29) is 29.8 Å². The molecular weight excluding hydrogens is 256 g/mol. The second-order valence-corrected chi connectivity index (χ2v) is 6.39. The maximum absolute atomic E-state index is 11.8. The number of hydrogen-bond donors (Lipinski definition) is 1. The number of amides is 2. The van der Waals surface area contributed by atoms with E-state index in [1.807, 2.05) is 12.1 Å². The van der Waals surface area contributed by atoms with Crippen molar-refractivity contribution in [2.24, 2.45) is 5.92 Å². The number of carbonyl (C=O) groups is 2. The molecular formula is C15H22N2O3. The minimum absolute atomic E-state index is 0.0171. The zero-order valence-electron chi connectivity index (χ0n) is 12.5. The molecule has 2 amide bonds. The number of carbonyl (C=O) groups excluding carboxylic acids is 2. The molecule has 0 spiro atoms. The largest absolute Gasteiger partial charge is 0.463 e. The molecule has 2 heterocycles. The third-order valence-corrected chi connectivity index (χ3v) is 3.29. The summed E-state index contributed by atoms with van der Waals surface area (Å²) in [6, 6.07) is 3.70. The summed E-state index contributed by atoms with van der Waals surface area (Å²) in [7, 11) is 0. The molecule has 0 bridgehead atoms. The molecule has 1 atom stereocenters. The molecule has 0 saturated carbocycles. The van der Waals surface area contributed by atoms with Crippen LogP contribution in [0.15, 0.2) is 16.5 Å². The molecule has 0 aliphatic carbocycles. The summed E-state index contributed by atoms with van der Waals surface area (Å²) in [5, 5.41) is 3.33. The number of likely N-dealkylation sites (tertiary alicyclic amines) is 1. The number of nitrogens with one attached hydrogen (secondary N) is 1. The van der Waals surface area contributed by atoms with Gasteiger partial charge in [-0.15, -0.1) is 0 Å². The van der Waals surface area contributed by atoms with Crippen LogP contribution in [0.25, 0.3) is 0 Å². The van der Waals surface area contributed by atoms with Gasteiger partial charge in [0.1, 0.15) is 11.5 Å². The van der Waals surface area contributed by atoms with Crippen molar-refractivity contribution in [3.8, 4) is 0 Å². The smallest absolute Gasteiger partial charge is 0.232 e. The van der Waals surface area contributed by atoms with Crippen LogP contribution in [0.3, 0.4) is 0 Å². The fourth-order valence-electron chi connectivity index (χ4n) is 2.12. The monoisotopic (exact) mass is 278 g/mol. The van der Waals surface area contributed by atoms with Crippen LogP contribution in [0.4, 0.5) is 0 Å². The Labute approximate surface area is 119 Å². The molecule has 1 aromatic rings. The van der Waals surface area contributed by atoms with Gasteiger partial charge in [0.05, 0.1) is 13.1 Å². The van der Waals surface area contributed by atoms with Gasteiger partial charge in [-0.05, 0) is 32.9 Å². The highest BCUT2D eigenvalue weighted by Gasteiger charge is 2.35. The lowest BCUT2D eigenvalue weighted by Gasteiger charge is -2.19. The lowest BCUT2D eigenvalue weighted by atomic mass is 10.1. The molecule has 1 aliphatic heterocycles. The highest BCUT2D eigenvalue weighted by molar-refractivity contribution is 6.03. The molecule has 0 radical (unpaired) electrons. The van der Waals surface area contributed by atoms with Crippen LogP contribution in [-0.2, 0) is 22.7 Å². The Morgan fingerprint density at radius 1 is 1.30 bits per heavy atom. The van der Waals surface area contributed by atoms with Gasteiger partial charge in [-0.2, -0.15) is 0 Å². The molecule has 1 aliphatic rings. The van der Waals surface area contributed by atoms with Crippen molar-refractivity contribution < 1.29 is 14.0 Å². The zero-order valence-corrected chi connectivity index (χ0v) is 12.5. The van der Waals surface area contributed by atoms with E-state index in [0.29, 0.717) is 18.7 Å². The molecule has 1 saturated heterocycles. The first-order valence-electron chi connectivity index (χ1n) is 6.93. The van der Waals surface area contributed by atoms with Crippen LogP contribution in [0.5, 0.6) is 0 Å². The van der Waals surface area contributed by atoms with Gasteiger partial charge >= 0.3 is 0 Å². The highest BCUT2D eigenvalue weighted by Crippen LogP contribution is 2.22. The summed E-state index contributed by atoms with van der Waals surface area (Å²) in [5.41, 5.74) is 0.0171. The van der Waals surface area contributed by atoms with Gasteiger partial charge in [0, 0.05) is 17.9 Å². The number of imide groups is 1. The first-order chi connectivity index (χ1) is 9.26. The van der Waals surface area contributed by atoms with E-state index in [2.05, 4.69) is 26.1 Å². The predicted octanol–water partition coefficient (Wildman–Crippen LogP) is 2.06. The van der Waals surface area contributed by atoms with Gasteiger partial charge in [0.2, 0.25) is 11.8 Å². The molecule has 20 heavy (non-hydrogen) atoms. The first-order valence-corrected chi connectivity index (χ1v) is 6.93. The third kappa shape index (κ3) is 3.48. The predicted molar refractivity (Wildman–Crippen MR) is 74.6 cm³/mol. The summed E-state index contributed by atoms with van der Waals surface area (Å²) < 4.78 is 5.66. The molecule has 1 N–H and O–H groups in total. The van der Waals surface area contributed by atoms with Crippen LogP contribution in [0, 0.1) is 5.92 Å². The van der Waals surface area contributed by atoms with E-state index in [4.69, 9.17) is 4.42 Å². The lowest BCUT2D eigenvalue weighted by molar-refractivity contribution is -0.140. The molecule has 1 aromatic heterocycles. The molecule has 1 fully saturated rings. The van der Waals surface area contributed by atoms with Gasteiger partial charge < -0.3 is 9.73 Å². The van der Waals surface area contributed by atoms with Gasteiger partial charge in [0.25, 0.3) is 0 Å². The van der Waals surface area contributed by atoms with Crippen molar-refractivity contribution in [1.82, 2.24) is 10.2 Å². The molecule has 110 valence electrons. The maximum Gasteiger partial charge on any atom is 0.232 e. The van der Waals surface area contributed by atoms with Gasteiger partial charge in [-0.3, -0.25) is 14.5 Å². The Kier molecular flexibility index (Phi) is 3.99. The van der Waals surface area contributed by atoms with Gasteiger partial charge in [-0.1, -0.05) is 6.92 Å². The van der Waals surface area contributed by atoms with E-state index >= 15 is 0 Å². The lowest BCUT2D eigenvalue weighted by Crippen LogP contribution is -2.34. The van der Waals surface area contributed by atoms with Crippen molar-refractivity contribution >= 4 is 11.8 Å². The van der Waals surface area contributed by atoms with E-state index < -0.39 is 0 Å². The maximum atomic E-state index is 11.8. The average Bonchev–Trinajstić information content (AvgIpc) is 2.87. The Morgan fingerprint density at radius 2 is 1.95 bits per heavy atom. The molecule has 2 rings (SSSR count). The van der Waals surface area contributed by atoms with Crippen molar-refractivity contribution in [2.45, 2.75) is 52.7 Å². The highest BCUT2D eigenvalue weighted by atomic mass is 16.3. The topological polar surface area (TPSA) is 62.6 Å². The van der Waals surface area contributed by atoms with E-state index in [9.17, 15) is 9.59 Å². The van der Waals surface area contributed by atoms with Crippen LogP contribution < -0.4 is 5.32 Å². The fourth-order valence-corrected chi connectivity index (χ4v) is 2.12. The quantitative estimate of drug-likeness (QED) is 0.856. The molecule has 5 nitrogen and oxygen atoms in total. The third-order valence-electron chi connectivity index (χ3n) is 3.29. The number of nitrogens with zero attached hydrogens (tertiary/aromatic N) is 1. The summed E-state index contributed by atoms with van der Waals surface area (Å²) in [6.45, 7) is 8.89. The van der Waals surface area contributed by atoms with Crippen molar-refractivity contribution in [2.75, 3.05) is 0 Å². The number of furan rings is 1. The summed E-state index contributed by atoms with van der Waals surface area (Å²) in [6.07, 6.45) is 0.304. The van der Waals surface area contributed by atoms with E-state index in [1.54, 1.807) is 6.92 Å². The van der Waals surface area contributed by atoms with E-state index in [0.717, 1.165) is 5.76 Å². The van der Waals surface area contributed by atoms with Crippen molar-refractivity contribution in [3.63, 3.8) is 0 Å². The van der Waals surface area contributed by atoms with Crippen molar-refractivity contribution in [1.29, 1.82) is 0 Å². The summed E-state index contributed by atoms with van der Waals surface area (Å²) in [4.78, 5) is 24.8. The second kappa shape index (κ2) is 5.40. The number of hydrogen-bond acceptors (Lipinski definition) is 4. The normalized spacial score (nSPS) is 20.0. The van der Waals surface area contributed by atoms with Crippen LogP contribution in [-0.4, -0.2) is 22.3 Å². The number of rotatable bonds is 4. The second-order valence-electron chi connectivity index (χ2n) is 6.39. The Hall–Kier alpha value is -1.62. The van der Waals surface area contributed by atoms with Crippen LogP contribution in [0.1, 0.15) is 45.6 Å². The summed E-state index contributed by atoms with van der Waals surface area (Å²) >= 11 is 0. The molecule has 5 heteroatoms. The van der Waals surface area contributed by atoms with Gasteiger partial charge in [-0.25, -0.2) is 0 Å². The van der Waals surface area contributed by atoms with Crippen molar-refractivity contribution in [3.05, 3.63) is 23.7 Å². The Balaban J connectivity index is 1.96. The zero-order chi connectivity index (χ0) is 14.9. The minimum atomic E-state index is -0.209. The van der Waals surface area contributed by atoms with Crippen LogP contribution in [0.2, 0.25) is 0 Å². The standard InChI is InChI=1S/C15H22N2O3/c1-10-7-13(18)17(14(10)19)9-12-6-5-11(20-12)8-16-15(2,3)4/h5-6,10,16H,7-9H2,1-4H3. The van der Waals surface area contributed by atoms with Crippen LogP contribution >= 0.6 is 0 Å². The minimum Gasteiger partial charge on any atom is -0.463 e. The molecule has 1 unspecified atom stereocenters. The van der Waals surface area contributed by atoms with E-state index in [1.165, 1.54) is 4.90 Å². The summed E-state index contributed by atoms with van der Waals surface area (Å²) in [5.74, 6) is 1.02. The average molecular weight is 278 g/mol. The SMILES string of the molecule is CC1CC(=O)N(Cc2ccc(CNC(C)(C)C)o2)C1=O. The fraction of sp³-hybridized carbons (Fsp3) is 0.600. The Bertz CT molecular complexity index is 513. The first kappa shape index (κ1) is 14.8. The molecule has 0 aromatic carbocycles.